The van der Waals surface area contributed by atoms with Crippen LogP contribution in [0.5, 0.6) is 5.75 Å². The molecule has 34 heavy (non-hydrogen) atoms. The van der Waals surface area contributed by atoms with Gasteiger partial charge in [0.05, 0.1) is 17.9 Å². The number of hydrogen-bond donors (Lipinski definition) is 0. The van der Waals surface area contributed by atoms with Crippen molar-refractivity contribution >= 4 is 11.8 Å². The lowest BCUT2D eigenvalue weighted by atomic mass is 10.0. The van der Waals surface area contributed by atoms with Gasteiger partial charge in [0.25, 0.3) is 0 Å². The predicted octanol–water partition coefficient (Wildman–Crippen LogP) is 5.31. The molecule has 0 unspecified atom stereocenters. The number of ether oxygens (including phenoxy) is 2. The molecule has 1 aliphatic heterocycles. The predicted molar refractivity (Wildman–Crippen MR) is 123 cm³/mol. The molecule has 0 spiro atoms. The van der Waals surface area contributed by atoms with Crippen LogP contribution in [0.25, 0.3) is 11.3 Å². The maximum absolute atomic E-state index is 12.9. The third kappa shape index (κ3) is 5.68. The van der Waals surface area contributed by atoms with E-state index >= 15 is 0 Å². The van der Waals surface area contributed by atoms with Gasteiger partial charge in [0, 0.05) is 18.7 Å². The van der Waals surface area contributed by atoms with Gasteiger partial charge in [0.15, 0.2) is 6.61 Å². The summed E-state index contributed by atoms with van der Waals surface area (Å²) < 4.78 is 49.0. The summed E-state index contributed by atoms with van der Waals surface area (Å²) >= 11 is 0. The van der Waals surface area contributed by atoms with Crippen molar-refractivity contribution in [2.45, 2.75) is 25.9 Å². The summed E-state index contributed by atoms with van der Waals surface area (Å²) in [7, 11) is 0. The fourth-order valence-corrected chi connectivity index (χ4v) is 3.96. The number of fused-ring (bicyclic) bond motifs is 1. The largest absolute Gasteiger partial charge is 0.482 e. The third-order valence-corrected chi connectivity index (χ3v) is 5.71. The Labute approximate surface area is 196 Å². The lowest BCUT2D eigenvalue weighted by Crippen LogP contribution is -2.26. The lowest BCUT2D eigenvalue weighted by molar-refractivity contribution is -0.145. The summed E-state index contributed by atoms with van der Waals surface area (Å²) in [5, 5.41) is 0. The van der Waals surface area contributed by atoms with Crippen molar-refractivity contribution in [3.63, 3.8) is 0 Å². The molecule has 0 saturated carbocycles. The van der Waals surface area contributed by atoms with Gasteiger partial charge < -0.3 is 14.4 Å². The second kappa shape index (κ2) is 10.2. The highest BCUT2D eigenvalue weighted by Crippen LogP contribution is 2.31. The molecule has 0 saturated heterocycles. The van der Waals surface area contributed by atoms with Gasteiger partial charge in [-0.3, -0.25) is 0 Å². The molecule has 0 atom stereocenters. The Bertz CT molecular complexity index is 1150. The van der Waals surface area contributed by atoms with Crippen LogP contribution in [0, 0.1) is 0 Å². The Kier molecular flexibility index (Phi) is 7.05. The second-order valence-corrected chi connectivity index (χ2v) is 7.97. The third-order valence-electron chi connectivity index (χ3n) is 5.71. The molecule has 8 heteroatoms. The Morgan fingerprint density at radius 1 is 1.00 bits per heavy atom. The van der Waals surface area contributed by atoms with Crippen molar-refractivity contribution < 1.29 is 27.4 Å². The number of aromatic nitrogens is 1. The van der Waals surface area contributed by atoms with Crippen molar-refractivity contribution in [2.75, 3.05) is 31.2 Å². The van der Waals surface area contributed by atoms with Crippen LogP contribution in [0.4, 0.5) is 19.0 Å². The number of pyridine rings is 1. The van der Waals surface area contributed by atoms with Crippen LogP contribution >= 0.6 is 0 Å². The summed E-state index contributed by atoms with van der Waals surface area (Å²) in [6.45, 7) is 3.44. The highest BCUT2D eigenvalue weighted by molar-refractivity contribution is 5.71. The second-order valence-electron chi connectivity index (χ2n) is 7.97. The zero-order valence-corrected chi connectivity index (χ0v) is 18.8. The molecule has 4 rings (SSSR count). The number of nitrogens with zero attached hydrogens (tertiary/aromatic N) is 2. The van der Waals surface area contributed by atoms with E-state index in [4.69, 9.17) is 14.5 Å². The monoisotopic (exact) mass is 470 g/mol. The fraction of sp³-hybridized carbons (Fsp3) is 0.308. The molecule has 1 aromatic heterocycles. The lowest BCUT2D eigenvalue weighted by Gasteiger charge is -2.22. The van der Waals surface area contributed by atoms with Crippen LogP contribution in [-0.2, 0) is 28.5 Å². The van der Waals surface area contributed by atoms with Crippen molar-refractivity contribution in [2.24, 2.45) is 0 Å². The van der Waals surface area contributed by atoms with E-state index in [-0.39, 0.29) is 6.61 Å². The van der Waals surface area contributed by atoms with Crippen LogP contribution in [0.15, 0.2) is 60.7 Å². The number of benzene rings is 2. The molecule has 3 aromatic rings. The van der Waals surface area contributed by atoms with E-state index in [1.165, 1.54) is 17.7 Å². The number of carbonyl (C=O) groups excluding carboxylic acids is 1. The van der Waals surface area contributed by atoms with E-state index in [9.17, 15) is 18.0 Å². The first-order valence-corrected chi connectivity index (χ1v) is 11.1. The smallest absolute Gasteiger partial charge is 0.416 e. The molecule has 2 aromatic carbocycles. The van der Waals surface area contributed by atoms with Gasteiger partial charge in [-0.2, -0.15) is 13.2 Å². The molecule has 178 valence electrons. The van der Waals surface area contributed by atoms with E-state index in [1.807, 2.05) is 30.3 Å². The summed E-state index contributed by atoms with van der Waals surface area (Å²) in [4.78, 5) is 18.4. The SMILES string of the molecule is CCOC(=O)COc1ccc2c(c1)CCN(c1cccc(-c3ccc(C(F)(F)F)cc3)n1)CC2. The Morgan fingerprint density at radius 3 is 2.44 bits per heavy atom. The van der Waals surface area contributed by atoms with E-state index in [1.54, 1.807) is 13.0 Å². The first kappa shape index (κ1) is 23.6. The molecule has 0 bridgehead atoms. The molecule has 0 aliphatic carbocycles. The molecular weight excluding hydrogens is 445 g/mol. The summed E-state index contributed by atoms with van der Waals surface area (Å²) in [5.74, 6) is 1.01. The average Bonchev–Trinajstić information content (AvgIpc) is 3.05. The number of halogens is 3. The highest BCUT2D eigenvalue weighted by Gasteiger charge is 2.30. The van der Waals surface area contributed by atoms with Gasteiger partial charge in [-0.05, 0) is 67.3 Å². The van der Waals surface area contributed by atoms with E-state index in [0.717, 1.165) is 49.4 Å². The number of hydrogen-bond acceptors (Lipinski definition) is 5. The van der Waals surface area contributed by atoms with Crippen LogP contribution in [0.3, 0.4) is 0 Å². The normalized spacial score (nSPS) is 13.7. The average molecular weight is 470 g/mol. The van der Waals surface area contributed by atoms with Gasteiger partial charge in [-0.25, -0.2) is 9.78 Å². The van der Waals surface area contributed by atoms with E-state index < -0.39 is 17.7 Å². The molecule has 1 aliphatic rings. The molecule has 0 amide bonds. The minimum Gasteiger partial charge on any atom is -0.482 e. The van der Waals surface area contributed by atoms with Gasteiger partial charge in [-0.1, -0.05) is 24.3 Å². The minimum atomic E-state index is -4.36. The topological polar surface area (TPSA) is 51.7 Å². The number of rotatable bonds is 6. The Balaban J connectivity index is 1.45. The van der Waals surface area contributed by atoms with Gasteiger partial charge in [0.1, 0.15) is 11.6 Å². The highest BCUT2D eigenvalue weighted by atomic mass is 19.4. The molecule has 5 nitrogen and oxygen atoms in total. The Morgan fingerprint density at radius 2 is 1.74 bits per heavy atom. The zero-order valence-electron chi connectivity index (χ0n) is 18.8. The number of esters is 1. The van der Waals surface area contributed by atoms with Crippen molar-refractivity contribution in [1.82, 2.24) is 4.98 Å². The zero-order chi connectivity index (χ0) is 24.1. The van der Waals surface area contributed by atoms with E-state index in [0.29, 0.717) is 23.6 Å². The number of carbonyl (C=O) groups is 1. The first-order valence-electron chi connectivity index (χ1n) is 11.1. The quantitative estimate of drug-likeness (QED) is 0.457. The first-order chi connectivity index (χ1) is 16.3. The minimum absolute atomic E-state index is 0.126. The van der Waals surface area contributed by atoms with Gasteiger partial charge in [-0.15, -0.1) is 0 Å². The molecule has 0 N–H and O–H groups in total. The van der Waals surface area contributed by atoms with Crippen LogP contribution in [-0.4, -0.2) is 37.3 Å². The summed E-state index contributed by atoms with van der Waals surface area (Å²) in [6, 6.07) is 16.5. The Hall–Kier alpha value is -3.55. The van der Waals surface area contributed by atoms with Gasteiger partial charge >= 0.3 is 12.1 Å². The van der Waals surface area contributed by atoms with Crippen LogP contribution in [0.1, 0.15) is 23.6 Å². The molecule has 2 heterocycles. The number of anilines is 1. The standard InChI is InChI=1S/C26H25F3N2O3/c1-2-33-25(32)17-34-22-11-8-18-12-14-31(15-13-20(18)16-22)24-5-3-4-23(30-24)19-6-9-21(10-7-19)26(27,28)29/h3-11,16H,2,12-15,17H2,1H3. The number of alkyl halides is 3. The van der Waals surface area contributed by atoms with Crippen LogP contribution < -0.4 is 9.64 Å². The molecule has 0 radical (unpaired) electrons. The van der Waals surface area contributed by atoms with Crippen molar-refractivity contribution in [1.29, 1.82) is 0 Å². The van der Waals surface area contributed by atoms with Gasteiger partial charge in [0.2, 0.25) is 0 Å². The summed E-state index contributed by atoms with van der Waals surface area (Å²) in [6.07, 6.45) is -2.77. The maximum Gasteiger partial charge on any atom is 0.416 e. The van der Waals surface area contributed by atoms with Crippen LogP contribution in [0.2, 0.25) is 0 Å². The maximum atomic E-state index is 12.9. The summed E-state index contributed by atoms with van der Waals surface area (Å²) in [5.41, 5.74) is 2.95. The fourth-order valence-electron chi connectivity index (χ4n) is 3.96. The van der Waals surface area contributed by atoms with Crippen molar-refractivity contribution in [3.8, 4) is 17.0 Å². The van der Waals surface area contributed by atoms with Crippen molar-refractivity contribution in [3.05, 3.63) is 77.4 Å². The molecule has 0 fully saturated rings. The van der Waals surface area contributed by atoms with E-state index in [2.05, 4.69) is 4.90 Å². The molecular formula is C26H25F3N2O3.